The normalized spacial score (nSPS) is 34.9. The molecule has 0 aliphatic carbocycles. The monoisotopic (exact) mass is 472 g/mol. The zero-order valence-corrected chi connectivity index (χ0v) is 24.1. The van der Waals surface area contributed by atoms with Crippen molar-refractivity contribution >= 4 is 16.9 Å². The van der Waals surface area contributed by atoms with Crippen LogP contribution >= 0.6 is 0 Å². The molecule has 5 atom stereocenters. The lowest BCUT2D eigenvalue weighted by molar-refractivity contribution is -0.275. The van der Waals surface area contributed by atoms with Crippen LogP contribution in [0.3, 0.4) is 0 Å². The molecule has 0 aromatic heterocycles. The SMILES string of the molecule is C=CC[C@@]1(C)O[C@@H]2CO[Si](C(C)(C)C)(C(C)(C)C)O[C@H]2[C@H](O[Si](C)(C)C(C)(C)C)[C@H]1O. The van der Waals surface area contributed by atoms with Crippen LogP contribution in [-0.4, -0.2) is 58.6 Å². The summed E-state index contributed by atoms with van der Waals surface area (Å²) >= 11 is 0. The Hall–Kier alpha value is -0.0262. The van der Waals surface area contributed by atoms with Gasteiger partial charge in [0.05, 0.1) is 12.2 Å². The molecule has 0 amide bonds. The quantitative estimate of drug-likeness (QED) is 0.406. The molecule has 1 N–H and O–H groups in total. The minimum absolute atomic E-state index is 0.0170. The number of ether oxygens (including phenoxy) is 1. The maximum absolute atomic E-state index is 11.6. The lowest BCUT2D eigenvalue weighted by atomic mass is 9.84. The predicted octanol–water partition coefficient (Wildman–Crippen LogP) is 5.93. The van der Waals surface area contributed by atoms with Crippen molar-refractivity contribution in [3.63, 3.8) is 0 Å². The van der Waals surface area contributed by atoms with Crippen molar-refractivity contribution in [1.82, 2.24) is 0 Å². The molecule has 0 saturated carbocycles. The number of rotatable bonds is 4. The van der Waals surface area contributed by atoms with Gasteiger partial charge in [-0.15, -0.1) is 6.58 Å². The molecule has 182 valence electrons. The zero-order valence-electron chi connectivity index (χ0n) is 22.1. The summed E-state index contributed by atoms with van der Waals surface area (Å²) in [4.78, 5) is 0. The summed E-state index contributed by atoms with van der Waals surface area (Å²) in [5, 5.41) is 11.3. The standard InChI is InChI=1S/C24H48O5Si2/c1-14-15-24(11)20(25)19(28-30(12,13)21(2,3)4)18-17(27-24)16-26-31(29-18,22(5,6)7)23(8,9)10/h14,17-20,25H,1,15-16H2,2-13H3/t17-,18-,19+,20-,24-/m1/s1. The van der Waals surface area contributed by atoms with Gasteiger partial charge in [-0.1, -0.05) is 68.4 Å². The summed E-state index contributed by atoms with van der Waals surface area (Å²) in [6.07, 6.45) is 0.418. The molecule has 0 bridgehead atoms. The van der Waals surface area contributed by atoms with E-state index in [0.29, 0.717) is 13.0 Å². The van der Waals surface area contributed by atoms with Gasteiger partial charge in [0.1, 0.15) is 24.4 Å². The highest BCUT2D eigenvalue weighted by atomic mass is 28.4. The Kier molecular flexibility index (Phi) is 7.31. The average molecular weight is 473 g/mol. The number of hydrogen-bond donors (Lipinski definition) is 1. The molecule has 0 aromatic carbocycles. The highest BCUT2D eigenvalue weighted by Gasteiger charge is 2.66. The lowest BCUT2D eigenvalue weighted by Crippen LogP contribution is -2.74. The van der Waals surface area contributed by atoms with Gasteiger partial charge < -0.3 is 23.1 Å². The minimum Gasteiger partial charge on any atom is -0.408 e. The smallest absolute Gasteiger partial charge is 0.349 e. The Morgan fingerprint density at radius 3 is 2.03 bits per heavy atom. The summed E-state index contributed by atoms with van der Waals surface area (Å²) < 4.78 is 27.0. The largest absolute Gasteiger partial charge is 0.408 e. The van der Waals surface area contributed by atoms with Gasteiger partial charge in [-0.2, -0.15) is 0 Å². The summed E-state index contributed by atoms with van der Waals surface area (Å²) in [5.41, 5.74) is -0.784. The first kappa shape index (κ1) is 27.2. The first-order valence-corrected chi connectivity index (χ1v) is 16.4. The van der Waals surface area contributed by atoms with Crippen LogP contribution in [0.2, 0.25) is 28.2 Å². The molecule has 7 heteroatoms. The molecule has 2 saturated heterocycles. The summed E-state index contributed by atoms with van der Waals surface area (Å²) in [6.45, 7) is 30.6. The molecule has 2 aliphatic rings. The van der Waals surface area contributed by atoms with E-state index in [1.807, 2.05) is 6.92 Å². The van der Waals surface area contributed by atoms with Gasteiger partial charge in [0.25, 0.3) is 0 Å². The van der Waals surface area contributed by atoms with Gasteiger partial charge in [-0.05, 0) is 31.5 Å². The van der Waals surface area contributed by atoms with Crippen molar-refractivity contribution in [2.24, 2.45) is 0 Å². The van der Waals surface area contributed by atoms with E-state index in [-0.39, 0.29) is 27.3 Å². The number of aliphatic hydroxyl groups excluding tert-OH is 1. The number of aliphatic hydroxyl groups is 1. The van der Waals surface area contributed by atoms with Gasteiger partial charge in [0.2, 0.25) is 0 Å². The molecule has 31 heavy (non-hydrogen) atoms. The zero-order chi connectivity index (χ0) is 24.3. The Bertz CT molecular complexity index is 644. The van der Waals surface area contributed by atoms with Crippen LogP contribution in [0, 0.1) is 0 Å². The van der Waals surface area contributed by atoms with Crippen molar-refractivity contribution in [3.05, 3.63) is 12.7 Å². The van der Waals surface area contributed by atoms with Crippen LogP contribution < -0.4 is 0 Å². The second-order valence-corrected chi connectivity index (χ2v) is 22.8. The van der Waals surface area contributed by atoms with Crippen LogP contribution in [0.1, 0.15) is 75.7 Å². The van der Waals surface area contributed by atoms with Crippen LogP contribution in [0.25, 0.3) is 0 Å². The minimum atomic E-state index is -2.73. The van der Waals surface area contributed by atoms with Gasteiger partial charge in [-0.3, -0.25) is 0 Å². The van der Waals surface area contributed by atoms with Crippen molar-refractivity contribution in [2.45, 2.75) is 134 Å². The second-order valence-electron chi connectivity index (χ2n) is 13.3. The van der Waals surface area contributed by atoms with E-state index in [9.17, 15) is 5.11 Å². The molecular weight excluding hydrogens is 424 g/mol. The topological polar surface area (TPSA) is 57.2 Å². The molecule has 0 aromatic rings. The van der Waals surface area contributed by atoms with E-state index < -0.39 is 34.7 Å². The van der Waals surface area contributed by atoms with Gasteiger partial charge in [-0.25, -0.2) is 0 Å². The molecular formula is C24H48O5Si2. The van der Waals surface area contributed by atoms with Gasteiger partial charge >= 0.3 is 8.56 Å². The first-order chi connectivity index (χ1) is 13.7. The Labute approximate surface area is 193 Å². The molecule has 2 rings (SSSR count). The Morgan fingerprint density at radius 1 is 1.10 bits per heavy atom. The van der Waals surface area contributed by atoms with Crippen molar-refractivity contribution in [3.8, 4) is 0 Å². The third kappa shape index (κ3) is 4.79. The maximum atomic E-state index is 11.6. The highest BCUT2D eigenvalue weighted by Crippen LogP contribution is 2.56. The molecule has 2 aliphatic heterocycles. The fourth-order valence-electron chi connectivity index (χ4n) is 4.93. The van der Waals surface area contributed by atoms with Crippen molar-refractivity contribution in [1.29, 1.82) is 0 Å². The van der Waals surface area contributed by atoms with Crippen LogP contribution in [0.4, 0.5) is 0 Å². The first-order valence-electron chi connectivity index (χ1n) is 11.7. The van der Waals surface area contributed by atoms with Crippen molar-refractivity contribution < 1.29 is 23.1 Å². The van der Waals surface area contributed by atoms with E-state index >= 15 is 0 Å². The maximum Gasteiger partial charge on any atom is 0.349 e. The van der Waals surface area contributed by atoms with Crippen molar-refractivity contribution in [2.75, 3.05) is 6.61 Å². The third-order valence-electron chi connectivity index (χ3n) is 7.56. The van der Waals surface area contributed by atoms with E-state index in [0.717, 1.165) is 0 Å². The Morgan fingerprint density at radius 2 is 1.61 bits per heavy atom. The predicted molar refractivity (Wildman–Crippen MR) is 132 cm³/mol. The van der Waals surface area contributed by atoms with Crippen LogP contribution in [-0.2, 0) is 18.0 Å². The molecule has 5 nitrogen and oxygen atoms in total. The van der Waals surface area contributed by atoms with Crippen LogP contribution in [0.5, 0.6) is 0 Å². The van der Waals surface area contributed by atoms with E-state index in [4.69, 9.17) is 18.0 Å². The molecule has 0 unspecified atom stereocenters. The highest BCUT2D eigenvalue weighted by molar-refractivity contribution is 6.74. The molecule has 0 radical (unpaired) electrons. The van der Waals surface area contributed by atoms with Crippen LogP contribution in [0.15, 0.2) is 12.7 Å². The fourth-order valence-corrected chi connectivity index (χ4v) is 11.2. The molecule has 2 fully saturated rings. The van der Waals surface area contributed by atoms with E-state index in [1.165, 1.54) is 0 Å². The van der Waals surface area contributed by atoms with Gasteiger partial charge in [0, 0.05) is 10.1 Å². The Balaban J connectivity index is 2.55. The summed E-state index contributed by atoms with van der Waals surface area (Å²) in [6, 6.07) is 0. The summed E-state index contributed by atoms with van der Waals surface area (Å²) in [5.74, 6) is 0. The number of fused-ring (bicyclic) bond motifs is 1. The second kappa shape index (κ2) is 8.33. The lowest BCUT2D eigenvalue weighted by Gasteiger charge is -2.60. The third-order valence-corrected chi connectivity index (χ3v) is 17.2. The van der Waals surface area contributed by atoms with E-state index in [2.05, 4.69) is 82.0 Å². The van der Waals surface area contributed by atoms with E-state index in [1.54, 1.807) is 6.08 Å². The fraction of sp³-hybridized carbons (Fsp3) is 0.917. The summed E-state index contributed by atoms with van der Waals surface area (Å²) in [7, 11) is -4.91. The molecule has 0 spiro atoms. The average Bonchev–Trinajstić information content (AvgIpc) is 2.55. The number of hydrogen-bond acceptors (Lipinski definition) is 5. The molecule has 2 heterocycles. The van der Waals surface area contributed by atoms with Gasteiger partial charge in [0.15, 0.2) is 8.32 Å².